The Hall–Kier alpha value is -1.61. The van der Waals surface area contributed by atoms with E-state index in [9.17, 15) is 4.79 Å². The van der Waals surface area contributed by atoms with E-state index < -0.39 is 0 Å². The highest BCUT2D eigenvalue weighted by Gasteiger charge is 2.22. The third kappa shape index (κ3) is 2.30. The number of rotatable bonds is 2. The molecule has 19 heavy (non-hydrogen) atoms. The lowest BCUT2D eigenvalue weighted by Crippen LogP contribution is -2.04. The zero-order chi connectivity index (χ0) is 13.4. The number of ketones is 1. The highest BCUT2D eigenvalue weighted by Crippen LogP contribution is 2.34. The summed E-state index contributed by atoms with van der Waals surface area (Å²) in [6.07, 6.45) is 0.864. The third-order valence-corrected chi connectivity index (χ3v) is 3.73. The SMILES string of the molecule is Cc1cccc(C(=O)c2cc(Br)cc3c2OCC3)c1. The van der Waals surface area contributed by atoms with E-state index in [0.29, 0.717) is 17.7 Å². The molecule has 0 spiro atoms. The zero-order valence-corrected chi connectivity index (χ0v) is 12.2. The molecule has 0 bridgehead atoms. The van der Waals surface area contributed by atoms with E-state index >= 15 is 0 Å². The number of hydrogen-bond donors (Lipinski definition) is 0. The molecule has 0 saturated heterocycles. The Morgan fingerprint density at radius 1 is 1.26 bits per heavy atom. The number of carbonyl (C=O) groups is 1. The minimum atomic E-state index is 0.0168. The molecular formula is C16H13BrO2. The van der Waals surface area contributed by atoms with Crippen molar-refractivity contribution in [2.45, 2.75) is 13.3 Å². The Bertz CT molecular complexity index is 662. The molecule has 0 N–H and O–H groups in total. The highest BCUT2D eigenvalue weighted by molar-refractivity contribution is 9.10. The van der Waals surface area contributed by atoms with Crippen molar-refractivity contribution in [3.05, 3.63) is 63.1 Å². The van der Waals surface area contributed by atoms with Gasteiger partial charge < -0.3 is 4.74 Å². The molecule has 0 atom stereocenters. The van der Waals surface area contributed by atoms with E-state index in [1.54, 1.807) is 0 Å². The molecule has 0 fully saturated rings. The molecule has 3 heteroatoms. The van der Waals surface area contributed by atoms with Crippen molar-refractivity contribution >= 4 is 21.7 Å². The molecule has 1 heterocycles. The number of carbonyl (C=O) groups excluding carboxylic acids is 1. The normalized spacial score (nSPS) is 12.9. The molecule has 2 aromatic rings. The van der Waals surface area contributed by atoms with Crippen LogP contribution in [-0.2, 0) is 6.42 Å². The summed E-state index contributed by atoms with van der Waals surface area (Å²) in [6, 6.07) is 11.5. The minimum absolute atomic E-state index is 0.0168. The standard InChI is InChI=1S/C16H13BrO2/c1-10-3-2-4-11(7-10)15(18)14-9-13(17)8-12-5-6-19-16(12)14/h2-4,7-9H,5-6H2,1H3. The van der Waals surface area contributed by atoms with Gasteiger partial charge in [0.05, 0.1) is 12.2 Å². The van der Waals surface area contributed by atoms with Gasteiger partial charge in [0, 0.05) is 16.5 Å². The molecule has 0 aromatic heterocycles. The van der Waals surface area contributed by atoms with Gasteiger partial charge in [-0.3, -0.25) is 4.79 Å². The summed E-state index contributed by atoms with van der Waals surface area (Å²) in [5.74, 6) is 0.762. The second kappa shape index (κ2) is 4.82. The van der Waals surface area contributed by atoms with Crippen molar-refractivity contribution in [3.8, 4) is 5.75 Å². The van der Waals surface area contributed by atoms with E-state index in [1.807, 2.05) is 43.3 Å². The van der Waals surface area contributed by atoms with Crippen LogP contribution in [0.4, 0.5) is 0 Å². The Morgan fingerprint density at radius 3 is 2.89 bits per heavy atom. The summed E-state index contributed by atoms with van der Waals surface area (Å²) in [6.45, 7) is 2.64. The first kappa shape index (κ1) is 12.4. The van der Waals surface area contributed by atoms with Gasteiger partial charge in [-0.15, -0.1) is 0 Å². The number of benzene rings is 2. The molecule has 0 saturated carbocycles. The van der Waals surface area contributed by atoms with Gasteiger partial charge in [-0.2, -0.15) is 0 Å². The fraction of sp³-hybridized carbons (Fsp3) is 0.188. The van der Waals surface area contributed by atoms with Crippen LogP contribution in [0.5, 0.6) is 5.75 Å². The second-order valence-electron chi connectivity index (χ2n) is 4.74. The van der Waals surface area contributed by atoms with Gasteiger partial charge in [0.25, 0.3) is 0 Å². The number of aryl methyl sites for hydroxylation is 1. The maximum atomic E-state index is 12.6. The van der Waals surface area contributed by atoms with Crippen molar-refractivity contribution in [3.63, 3.8) is 0 Å². The maximum absolute atomic E-state index is 12.6. The zero-order valence-electron chi connectivity index (χ0n) is 10.6. The first-order valence-corrected chi connectivity index (χ1v) is 7.01. The summed E-state index contributed by atoms with van der Waals surface area (Å²) in [5.41, 5.74) is 3.53. The van der Waals surface area contributed by atoms with Crippen molar-refractivity contribution in [1.82, 2.24) is 0 Å². The number of ether oxygens (including phenoxy) is 1. The fourth-order valence-corrected chi connectivity index (χ4v) is 2.88. The molecule has 2 aromatic carbocycles. The van der Waals surface area contributed by atoms with Crippen LogP contribution >= 0.6 is 15.9 Å². The molecule has 0 radical (unpaired) electrons. The molecule has 0 amide bonds. The number of halogens is 1. The average molecular weight is 317 g/mol. The van der Waals surface area contributed by atoms with E-state index in [1.165, 1.54) is 0 Å². The highest BCUT2D eigenvalue weighted by atomic mass is 79.9. The first-order chi connectivity index (χ1) is 9.15. The van der Waals surface area contributed by atoms with Crippen molar-refractivity contribution in [2.75, 3.05) is 6.61 Å². The molecule has 3 rings (SSSR count). The van der Waals surface area contributed by atoms with Crippen LogP contribution < -0.4 is 4.74 Å². The quantitative estimate of drug-likeness (QED) is 0.785. The summed E-state index contributed by atoms with van der Waals surface area (Å²) in [4.78, 5) is 12.6. The van der Waals surface area contributed by atoms with Crippen LogP contribution in [0.1, 0.15) is 27.0 Å². The van der Waals surface area contributed by atoms with Gasteiger partial charge in [0.15, 0.2) is 5.78 Å². The Kier molecular flexibility index (Phi) is 3.15. The van der Waals surface area contributed by atoms with Crippen LogP contribution in [0.25, 0.3) is 0 Å². The van der Waals surface area contributed by atoms with Gasteiger partial charge in [-0.25, -0.2) is 0 Å². The average Bonchev–Trinajstić information content (AvgIpc) is 2.85. The fourth-order valence-electron chi connectivity index (χ4n) is 2.38. The Balaban J connectivity index is 2.10. The smallest absolute Gasteiger partial charge is 0.196 e. The lowest BCUT2D eigenvalue weighted by molar-refractivity contribution is 0.103. The molecule has 1 aliphatic rings. The van der Waals surface area contributed by atoms with Crippen LogP contribution in [0.15, 0.2) is 40.9 Å². The summed E-state index contributed by atoms with van der Waals surface area (Å²) in [5, 5.41) is 0. The van der Waals surface area contributed by atoms with Gasteiger partial charge in [-0.05, 0) is 30.7 Å². The van der Waals surface area contributed by atoms with Gasteiger partial charge in [0.1, 0.15) is 5.75 Å². The molecule has 0 aliphatic carbocycles. The second-order valence-corrected chi connectivity index (χ2v) is 5.65. The Morgan fingerprint density at radius 2 is 2.11 bits per heavy atom. The summed E-state index contributed by atoms with van der Waals surface area (Å²) < 4.78 is 6.54. The molecule has 0 unspecified atom stereocenters. The lowest BCUT2D eigenvalue weighted by Gasteiger charge is -2.08. The molecule has 2 nitrogen and oxygen atoms in total. The number of hydrogen-bond acceptors (Lipinski definition) is 2. The molecular weight excluding hydrogens is 304 g/mol. The minimum Gasteiger partial charge on any atom is -0.492 e. The third-order valence-electron chi connectivity index (χ3n) is 3.27. The van der Waals surface area contributed by atoms with E-state index in [0.717, 1.165) is 27.8 Å². The van der Waals surface area contributed by atoms with E-state index in [-0.39, 0.29) is 5.78 Å². The summed E-state index contributed by atoms with van der Waals surface area (Å²) in [7, 11) is 0. The van der Waals surface area contributed by atoms with Crippen molar-refractivity contribution in [2.24, 2.45) is 0 Å². The van der Waals surface area contributed by atoms with Crippen LogP contribution in [0, 0.1) is 6.92 Å². The molecule has 1 aliphatic heterocycles. The molecule has 96 valence electrons. The van der Waals surface area contributed by atoms with Gasteiger partial charge in [0.2, 0.25) is 0 Å². The first-order valence-electron chi connectivity index (χ1n) is 6.22. The van der Waals surface area contributed by atoms with Crippen molar-refractivity contribution < 1.29 is 9.53 Å². The van der Waals surface area contributed by atoms with Crippen LogP contribution in [0.3, 0.4) is 0 Å². The van der Waals surface area contributed by atoms with E-state index in [2.05, 4.69) is 15.9 Å². The summed E-state index contributed by atoms with van der Waals surface area (Å²) >= 11 is 3.46. The van der Waals surface area contributed by atoms with Gasteiger partial charge >= 0.3 is 0 Å². The van der Waals surface area contributed by atoms with E-state index in [4.69, 9.17) is 4.74 Å². The number of fused-ring (bicyclic) bond motifs is 1. The lowest BCUT2D eigenvalue weighted by atomic mass is 9.99. The van der Waals surface area contributed by atoms with Crippen molar-refractivity contribution in [1.29, 1.82) is 0 Å². The predicted molar refractivity (Wildman–Crippen MR) is 78.0 cm³/mol. The maximum Gasteiger partial charge on any atom is 0.196 e. The largest absolute Gasteiger partial charge is 0.492 e. The Labute approximate surface area is 120 Å². The predicted octanol–water partition coefficient (Wildman–Crippen LogP) is 3.92. The monoisotopic (exact) mass is 316 g/mol. The van der Waals surface area contributed by atoms with Crippen LogP contribution in [0.2, 0.25) is 0 Å². The topological polar surface area (TPSA) is 26.3 Å². The van der Waals surface area contributed by atoms with Gasteiger partial charge in [-0.1, -0.05) is 39.7 Å². The van der Waals surface area contributed by atoms with Crippen LogP contribution in [-0.4, -0.2) is 12.4 Å².